The molecule has 29 heavy (non-hydrogen) atoms. The van der Waals surface area contributed by atoms with Crippen LogP contribution in [0.2, 0.25) is 5.02 Å². The lowest BCUT2D eigenvalue weighted by atomic mass is 10.1. The Morgan fingerprint density at radius 1 is 1.10 bits per heavy atom. The fraction of sp³-hybridized carbons (Fsp3) is 0.409. The molecule has 0 radical (unpaired) electrons. The number of carbonyl (C=O) groups is 1. The Morgan fingerprint density at radius 3 is 2.72 bits per heavy atom. The highest BCUT2D eigenvalue weighted by molar-refractivity contribution is 6.31. The number of piperidine rings is 1. The van der Waals surface area contributed by atoms with Crippen LogP contribution in [0, 0.1) is 0 Å². The summed E-state index contributed by atoms with van der Waals surface area (Å²) in [6, 6.07) is 11.1. The SMILES string of the molecule is CC(Nc1cc(Cl)ccc1N1CCCCC1)C(=O)NCc1ccc2c(c1)OCO2. The predicted octanol–water partition coefficient (Wildman–Crippen LogP) is 4.18. The van der Waals surface area contributed by atoms with E-state index in [0.717, 1.165) is 35.8 Å². The fourth-order valence-corrected chi connectivity index (χ4v) is 3.90. The highest BCUT2D eigenvalue weighted by Crippen LogP contribution is 2.33. The lowest BCUT2D eigenvalue weighted by Gasteiger charge is -2.31. The average molecular weight is 416 g/mol. The summed E-state index contributed by atoms with van der Waals surface area (Å²) < 4.78 is 10.7. The van der Waals surface area contributed by atoms with Gasteiger partial charge >= 0.3 is 0 Å². The topological polar surface area (TPSA) is 62.8 Å². The number of hydrogen-bond acceptors (Lipinski definition) is 5. The Hall–Kier alpha value is -2.60. The molecule has 1 atom stereocenters. The van der Waals surface area contributed by atoms with Gasteiger partial charge in [0.25, 0.3) is 0 Å². The van der Waals surface area contributed by atoms with Crippen molar-refractivity contribution in [3.8, 4) is 11.5 Å². The third-order valence-electron chi connectivity index (χ3n) is 5.32. The number of nitrogens with one attached hydrogen (secondary N) is 2. The summed E-state index contributed by atoms with van der Waals surface area (Å²) >= 11 is 6.23. The van der Waals surface area contributed by atoms with Crippen LogP contribution < -0.4 is 25.0 Å². The molecule has 2 aliphatic heterocycles. The standard InChI is InChI=1S/C22H26ClN3O3/c1-15(22(27)24-13-16-5-8-20-21(11-16)29-14-28-20)25-18-12-17(23)6-7-19(18)26-9-3-2-4-10-26/h5-8,11-12,15,25H,2-4,9-10,13-14H2,1H3,(H,24,27). The van der Waals surface area contributed by atoms with Gasteiger partial charge in [0.2, 0.25) is 12.7 Å². The number of ether oxygens (including phenoxy) is 2. The molecular formula is C22H26ClN3O3. The summed E-state index contributed by atoms with van der Waals surface area (Å²) in [5, 5.41) is 6.98. The molecule has 2 heterocycles. The summed E-state index contributed by atoms with van der Waals surface area (Å²) in [4.78, 5) is 15.0. The molecule has 7 heteroatoms. The van der Waals surface area contributed by atoms with Gasteiger partial charge in [0.05, 0.1) is 11.4 Å². The Morgan fingerprint density at radius 2 is 1.90 bits per heavy atom. The first kappa shape index (κ1) is 19.7. The van der Waals surface area contributed by atoms with Gasteiger partial charge in [-0.2, -0.15) is 0 Å². The van der Waals surface area contributed by atoms with Crippen molar-refractivity contribution >= 4 is 28.9 Å². The number of halogens is 1. The van der Waals surface area contributed by atoms with Crippen LogP contribution in [0.3, 0.4) is 0 Å². The zero-order chi connectivity index (χ0) is 20.2. The monoisotopic (exact) mass is 415 g/mol. The van der Waals surface area contributed by atoms with Gasteiger partial charge < -0.3 is 25.0 Å². The molecule has 1 saturated heterocycles. The molecule has 6 nitrogen and oxygen atoms in total. The van der Waals surface area contributed by atoms with E-state index in [9.17, 15) is 4.79 Å². The number of nitrogens with zero attached hydrogens (tertiary/aromatic N) is 1. The second-order valence-corrected chi connectivity index (χ2v) is 7.92. The van der Waals surface area contributed by atoms with E-state index in [1.54, 1.807) is 0 Å². The van der Waals surface area contributed by atoms with Crippen molar-refractivity contribution in [3.63, 3.8) is 0 Å². The third kappa shape index (κ3) is 4.70. The second kappa shape index (κ2) is 8.82. The highest BCUT2D eigenvalue weighted by atomic mass is 35.5. The van der Waals surface area contributed by atoms with E-state index in [1.165, 1.54) is 19.3 Å². The highest BCUT2D eigenvalue weighted by Gasteiger charge is 2.19. The maximum Gasteiger partial charge on any atom is 0.242 e. The molecule has 2 aliphatic rings. The van der Waals surface area contributed by atoms with Gasteiger partial charge in [-0.15, -0.1) is 0 Å². The Balaban J connectivity index is 1.39. The first-order chi connectivity index (χ1) is 14.1. The molecule has 0 bridgehead atoms. The fourth-order valence-electron chi connectivity index (χ4n) is 3.73. The molecule has 2 aromatic carbocycles. The summed E-state index contributed by atoms with van der Waals surface area (Å²) in [7, 11) is 0. The van der Waals surface area contributed by atoms with Gasteiger partial charge in [-0.05, 0) is 62.1 Å². The van der Waals surface area contributed by atoms with Gasteiger partial charge in [-0.3, -0.25) is 4.79 Å². The second-order valence-electron chi connectivity index (χ2n) is 7.48. The molecule has 2 aromatic rings. The molecule has 1 fully saturated rings. The van der Waals surface area contributed by atoms with E-state index in [0.29, 0.717) is 17.3 Å². The smallest absolute Gasteiger partial charge is 0.242 e. The van der Waals surface area contributed by atoms with Crippen molar-refractivity contribution in [1.82, 2.24) is 5.32 Å². The van der Waals surface area contributed by atoms with E-state index in [-0.39, 0.29) is 12.7 Å². The van der Waals surface area contributed by atoms with Crippen LogP contribution in [0.1, 0.15) is 31.7 Å². The predicted molar refractivity (Wildman–Crippen MR) is 115 cm³/mol. The first-order valence-corrected chi connectivity index (χ1v) is 10.5. The Kier molecular flexibility index (Phi) is 6.00. The minimum Gasteiger partial charge on any atom is -0.454 e. The number of amides is 1. The number of fused-ring (bicyclic) bond motifs is 1. The summed E-state index contributed by atoms with van der Waals surface area (Å²) in [6.45, 7) is 4.58. The minimum absolute atomic E-state index is 0.0766. The minimum atomic E-state index is -0.397. The molecule has 0 saturated carbocycles. The van der Waals surface area contributed by atoms with Gasteiger partial charge in [0, 0.05) is 24.7 Å². The van der Waals surface area contributed by atoms with E-state index in [4.69, 9.17) is 21.1 Å². The molecule has 0 aromatic heterocycles. The number of hydrogen-bond donors (Lipinski definition) is 2. The molecule has 0 spiro atoms. The third-order valence-corrected chi connectivity index (χ3v) is 5.56. The quantitative estimate of drug-likeness (QED) is 0.741. The van der Waals surface area contributed by atoms with Crippen molar-refractivity contribution in [2.75, 3.05) is 30.1 Å². The molecule has 2 N–H and O–H groups in total. The summed E-state index contributed by atoms with van der Waals surface area (Å²) in [6.07, 6.45) is 3.65. The molecular weight excluding hydrogens is 390 g/mol. The van der Waals surface area contributed by atoms with Crippen LogP contribution in [-0.4, -0.2) is 31.8 Å². The van der Waals surface area contributed by atoms with Gasteiger partial charge in [-0.25, -0.2) is 0 Å². The van der Waals surface area contributed by atoms with Gasteiger partial charge in [0.15, 0.2) is 11.5 Å². The van der Waals surface area contributed by atoms with Crippen molar-refractivity contribution in [1.29, 1.82) is 0 Å². The average Bonchev–Trinajstić information content (AvgIpc) is 3.20. The number of rotatable bonds is 6. The van der Waals surface area contributed by atoms with Gasteiger partial charge in [0.1, 0.15) is 6.04 Å². The maximum atomic E-state index is 12.7. The van der Waals surface area contributed by atoms with Crippen LogP contribution in [0.15, 0.2) is 36.4 Å². The Labute approximate surface area is 176 Å². The van der Waals surface area contributed by atoms with E-state index in [2.05, 4.69) is 15.5 Å². The lowest BCUT2D eigenvalue weighted by molar-refractivity contribution is -0.121. The van der Waals surface area contributed by atoms with Gasteiger partial charge in [-0.1, -0.05) is 17.7 Å². The lowest BCUT2D eigenvalue weighted by Crippen LogP contribution is -2.38. The normalized spacial score (nSPS) is 16.4. The van der Waals surface area contributed by atoms with E-state index in [1.807, 2.05) is 43.3 Å². The van der Waals surface area contributed by atoms with Crippen molar-refractivity contribution in [3.05, 3.63) is 47.0 Å². The number of anilines is 2. The summed E-state index contributed by atoms with van der Waals surface area (Å²) in [5.41, 5.74) is 2.96. The van der Waals surface area contributed by atoms with Crippen LogP contribution in [0.5, 0.6) is 11.5 Å². The van der Waals surface area contributed by atoms with Crippen LogP contribution >= 0.6 is 11.6 Å². The maximum absolute atomic E-state index is 12.7. The molecule has 1 unspecified atom stereocenters. The molecule has 4 rings (SSSR count). The largest absolute Gasteiger partial charge is 0.454 e. The summed E-state index contributed by atoms with van der Waals surface area (Å²) in [5.74, 6) is 1.38. The van der Waals surface area contributed by atoms with Crippen molar-refractivity contribution < 1.29 is 14.3 Å². The molecule has 154 valence electrons. The van der Waals surface area contributed by atoms with E-state index < -0.39 is 6.04 Å². The zero-order valence-electron chi connectivity index (χ0n) is 16.5. The molecule has 0 aliphatic carbocycles. The zero-order valence-corrected chi connectivity index (χ0v) is 17.3. The van der Waals surface area contributed by atoms with Crippen LogP contribution in [0.25, 0.3) is 0 Å². The Bertz CT molecular complexity index is 884. The van der Waals surface area contributed by atoms with Crippen LogP contribution in [-0.2, 0) is 11.3 Å². The number of benzene rings is 2. The number of carbonyl (C=O) groups excluding carboxylic acids is 1. The van der Waals surface area contributed by atoms with Crippen LogP contribution in [0.4, 0.5) is 11.4 Å². The van der Waals surface area contributed by atoms with Crippen molar-refractivity contribution in [2.45, 2.75) is 38.8 Å². The molecule has 1 amide bonds. The van der Waals surface area contributed by atoms with Crippen molar-refractivity contribution in [2.24, 2.45) is 0 Å². The van der Waals surface area contributed by atoms with E-state index >= 15 is 0 Å². The first-order valence-electron chi connectivity index (χ1n) is 10.1.